The summed E-state index contributed by atoms with van der Waals surface area (Å²) in [6, 6.07) is 15.1. The summed E-state index contributed by atoms with van der Waals surface area (Å²) in [5, 5.41) is 54.6. The average Bonchev–Trinajstić information content (AvgIpc) is 3.04. The van der Waals surface area contributed by atoms with Crippen LogP contribution in [0.4, 0.5) is 4.79 Å². The number of alkyl carbamates (subject to hydrolysis) is 1. The third-order valence-electron chi connectivity index (χ3n) is 7.94. The van der Waals surface area contributed by atoms with Crippen LogP contribution in [0.2, 0.25) is 0 Å². The minimum absolute atomic E-state index is 0.0402. The van der Waals surface area contributed by atoms with E-state index < -0.39 is 72.5 Å². The number of aliphatic hydroxyl groups excluding tert-OH is 4. The van der Waals surface area contributed by atoms with Crippen LogP contribution in [0.3, 0.4) is 0 Å². The summed E-state index contributed by atoms with van der Waals surface area (Å²) < 4.78 is 5.31. The lowest BCUT2D eigenvalue weighted by atomic mass is 9.93. The molecule has 0 saturated heterocycles. The van der Waals surface area contributed by atoms with Crippen LogP contribution in [-0.2, 0) is 32.1 Å². The fourth-order valence-electron chi connectivity index (χ4n) is 5.45. The molecule has 0 radical (unpaired) electrons. The number of nitrogens with one attached hydrogen (secondary N) is 4. The van der Waals surface area contributed by atoms with E-state index in [1.54, 1.807) is 51.1 Å². The maximum Gasteiger partial charge on any atom is 0.407 e. The standard InChI is InChI=1S/C38H58N4O9/c1-23(2)18-27(30(43)21-31(44)40-29(19-24(3)4)35(48)39-22-26-16-12-9-13-17-26)41-36(49)34(47)33(46)32(45)28(20-25-14-10-8-11-15-25)42-37(50)51-38(5,6)7/h8-17,23-24,27-30,32-34,43,45-47H,18-22H2,1-7H3,(H,39,48)(H,40,44)(H,41,49)(H,42,50). The van der Waals surface area contributed by atoms with Gasteiger partial charge < -0.3 is 46.4 Å². The highest BCUT2D eigenvalue weighted by Crippen LogP contribution is 2.16. The van der Waals surface area contributed by atoms with Crippen molar-refractivity contribution in [1.29, 1.82) is 0 Å². The van der Waals surface area contributed by atoms with Crippen LogP contribution in [-0.4, -0.2) is 92.4 Å². The molecule has 0 aliphatic rings. The van der Waals surface area contributed by atoms with Crippen LogP contribution in [0.25, 0.3) is 0 Å². The first kappa shape index (κ1) is 43.1. The number of rotatable bonds is 19. The molecule has 0 aliphatic heterocycles. The van der Waals surface area contributed by atoms with Crippen molar-refractivity contribution in [3.8, 4) is 0 Å². The molecule has 2 aromatic carbocycles. The molecule has 284 valence electrons. The number of amides is 4. The molecule has 0 heterocycles. The average molecular weight is 715 g/mol. The summed E-state index contributed by atoms with van der Waals surface area (Å²) >= 11 is 0. The minimum atomic E-state index is -2.17. The summed E-state index contributed by atoms with van der Waals surface area (Å²) in [5.41, 5.74) is 0.748. The Bertz CT molecular complexity index is 1370. The molecule has 2 aromatic rings. The van der Waals surface area contributed by atoms with Crippen LogP contribution in [0.1, 0.15) is 78.9 Å². The molecule has 51 heavy (non-hydrogen) atoms. The van der Waals surface area contributed by atoms with Gasteiger partial charge in [0, 0.05) is 6.54 Å². The van der Waals surface area contributed by atoms with Gasteiger partial charge in [0.1, 0.15) is 23.9 Å². The molecule has 0 saturated carbocycles. The van der Waals surface area contributed by atoms with Crippen molar-refractivity contribution in [1.82, 2.24) is 21.3 Å². The summed E-state index contributed by atoms with van der Waals surface area (Å²) in [5.74, 6) is -2.07. The predicted octanol–water partition coefficient (Wildman–Crippen LogP) is 2.33. The number of carbonyl (C=O) groups excluding carboxylic acids is 4. The van der Waals surface area contributed by atoms with Crippen molar-refractivity contribution in [2.45, 2.75) is 129 Å². The van der Waals surface area contributed by atoms with E-state index >= 15 is 0 Å². The second-order valence-corrected chi connectivity index (χ2v) is 14.8. The third-order valence-corrected chi connectivity index (χ3v) is 7.94. The molecule has 0 spiro atoms. The quantitative estimate of drug-likeness (QED) is 0.107. The largest absolute Gasteiger partial charge is 0.444 e. The van der Waals surface area contributed by atoms with Crippen molar-refractivity contribution in [2.24, 2.45) is 11.8 Å². The van der Waals surface area contributed by atoms with E-state index in [1.165, 1.54) is 0 Å². The molecule has 8 N–H and O–H groups in total. The Morgan fingerprint density at radius 1 is 0.686 bits per heavy atom. The van der Waals surface area contributed by atoms with Gasteiger partial charge in [-0.25, -0.2) is 4.79 Å². The molecule has 7 unspecified atom stereocenters. The van der Waals surface area contributed by atoms with Crippen LogP contribution in [0, 0.1) is 11.8 Å². The van der Waals surface area contributed by atoms with Gasteiger partial charge in [0.2, 0.25) is 11.8 Å². The van der Waals surface area contributed by atoms with E-state index in [-0.39, 0.29) is 37.1 Å². The van der Waals surface area contributed by atoms with Crippen LogP contribution >= 0.6 is 0 Å². The normalized spacial score (nSPS) is 15.9. The number of ether oxygens (including phenoxy) is 1. The maximum absolute atomic E-state index is 13.2. The van der Waals surface area contributed by atoms with E-state index in [0.717, 1.165) is 5.56 Å². The molecular weight excluding hydrogens is 656 g/mol. The SMILES string of the molecule is CC(C)CC(NC(=O)CC(O)C(CC(C)C)NC(=O)C(O)C(O)C(O)C(Cc1ccccc1)NC(=O)OC(C)(C)C)C(=O)NCc1ccccc1. The Labute approximate surface area is 301 Å². The molecule has 0 bridgehead atoms. The fourth-order valence-corrected chi connectivity index (χ4v) is 5.45. The lowest BCUT2D eigenvalue weighted by molar-refractivity contribution is -0.144. The molecule has 7 atom stereocenters. The number of hydrogen-bond acceptors (Lipinski definition) is 9. The maximum atomic E-state index is 13.2. The molecule has 13 nitrogen and oxygen atoms in total. The van der Waals surface area contributed by atoms with Gasteiger partial charge in [0.15, 0.2) is 6.10 Å². The van der Waals surface area contributed by atoms with Gasteiger partial charge in [0.25, 0.3) is 5.91 Å². The highest BCUT2D eigenvalue weighted by molar-refractivity contribution is 5.88. The monoisotopic (exact) mass is 714 g/mol. The smallest absolute Gasteiger partial charge is 0.407 e. The Hall–Kier alpha value is -4.04. The van der Waals surface area contributed by atoms with E-state index in [9.17, 15) is 39.6 Å². The van der Waals surface area contributed by atoms with E-state index in [4.69, 9.17) is 4.74 Å². The molecular formula is C38H58N4O9. The van der Waals surface area contributed by atoms with Crippen LogP contribution in [0.5, 0.6) is 0 Å². The van der Waals surface area contributed by atoms with Gasteiger partial charge in [-0.15, -0.1) is 0 Å². The highest BCUT2D eigenvalue weighted by Gasteiger charge is 2.38. The second-order valence-electron chi connectivity index (χ2n) is 14.8. The summed E-state index contributed by atoms with van der Waals surface area (Å²) in [6.07, 6.45) is -8.18. The van der Waals surface area contributed by atoms with Gasteiger partial charge in [-0.3, -0.25) is 14.4 Å². The van der Waals surface area contributed by atoms with E-state index in [0.29, 0.717) is 12.0 Å². The lowest BCUT2D eigenvalue weighted by Gasteiger charge is -2.32. The molecule has 0 aromatic heterocycles. The van der Waals surface area contributed by atoms with Crippen molar-refractivity contribution >= 4 is 23.8 Å². The van der Waals surface area contributed by atoms with Crippen molar-refractivity contribution < 1.29 is 44.3 Å². The number of aliphatic hydroxyl groups is 4. The van der Waals surface area contributed by atoms with Gasteiger partial charge >= 0.3 is 6.09 Å². The summed E-state index contributed by atoms with van der Waals surface area (Å²) in [6.45, 7) is 12.8. The van der Waals surface area contributed by atoms with Gasteiger partial charge in [-0.05, 0) is 63.0 Å². The predicted molar refractivity (Wildman–Crippen MR) is 193 cm³/mol. The van der Waals surface area contributed by atoms with Crippen molar-refractivity contribution in [3.63, 3.8) is 0 Å². The van der Waals surface area contributed by atoms with Crippen molar-refractivity contribution in [2.75, 3.05) is 0 Å². The molecule has 2 rings (SSSR count). The number of carbonyl (C=O) groups is 4. The Morgan fingerprint density at radius 2 is 1.24 bits per heavy atom. The van der Waals surface area contributed by atoms with Crippen molar-refractivity contribution in [3.05, 3.63) is 71.8 Å². The first-order chi connectivity index (χ1) is 23.9. The topological polar surface area (TPSA) is 207 Å². The molecule has 13 heteroatoms. The second kappa shape index (κ2) is 20.7. The Balaban J connectivity index is 2.11. The minimum Gasteiger partial charge on any atom is -0.444 e. The third kappa shape index (κ3) is 16.2. The zero-order chi connectivity index (χ0) is 38.3. The summed E-state index contributed by atoms with van der Waals surface area (Å²) in [7, 11) is 0. The first-order valence-corrected chi connectivity index (χ1v) is 17.5. The Kier molecular flexibility index (Phi) is 17.5. The number of benzene rings is 2. The van der Waals surface area contributed by atoms with E-state index in [2.05, 4.69) is 21.3 Å². The van der Waals surface area contributed by atoms with Gasteiger partial charge in [-0.1, -0.05) is 88.4 Å². The highest BCUT2D eigenvalue weighted by atomic mass is 16.6. The van der Waals surface area contributed by atoms with Gasteiger partial charge in [-0.2, -0.15) is 0 Å². The van der Waals surface area contributed by atoms with Crippen LogP contribution < -0.4 is 21.3 Å². The van der Waals surface area contributed by atoms with Gasteiger partial charge in [0.05, 0.1) is 24.6 Å². The zero-order valence-electron chi connectivity index (χ0n) is 30.8. The van der Waals surface area contributed by atoms with E-state index in [1.807, 2.05) is 58.0 Å². The molecule has 0 aliphatic carbocycles. The lowest BCUT2D eigenvalue weighted by Crippen LogP contribution is -2.58. The zero-order valence-corrected chi connectivity index (χ0v) is 30.8. The van der Waals surface area contributed by atoms with Crippen LogP contribution in [0.15, 0.2) is 60.7 Å². The Morgan fingerprint density at radius 3 is 1.76 bits per heavy atom. The number of hydrogen-bond donors (Lipinski definition) is 8. The molecule has 0 fully saturated rings. The molecule has 4 amide bonds. The first-order valence-electron chi connectivity index (χ1n) is 17.5. The fraction of sp³-hybridized carbons (Fsp3) is 0.579. The summed E-state index contributed by atoms with van der Waals surface area (Å²) in [4.78, 5) is 51.9.